The number of hydrogen-bond acceptors (Lipinski definition) is 5. The zero-order valence-corrected chi connectivity index (χ0v) is 19.9. The molecule has 0 unspecified atom stereocenters. The van der Waals surface area contributed by atoms with Crippen molar-refractivity contribution >= 4 is 22.5 Å². The molecular weight excluding hydrogens is 440 g/mol. The van der Waals surface area contributed by atoms with Gasteiger partial charge in [0.1, 0.15) is 22.7 Å². The first-order valence-corrected chi connectivity index (χ1v) is 12.0. The van der Waals surface area contributed by atoms with E-state index in [-0.39, 0.29) is 17.2 Å². The van der Waals surface area contributed by atoms with E-state index in [1.165, 1.54) is 0 Å². The van der Waals surface area contributed by atoms with Crippen molar-refractivity contribution in [2.75, 3.05) is 7.11 Å². The third-order valence-corrected chi connectivity index (χ3v) is 7.44. The molecule has 35 heavy (non-hydrogen) atoms. The first-order chi connectivity index (χ1) is 17.0. The summed E-state index contributed by atoms with van der Waals surface area (Å²) in [5.74, 6) is 1.60. The van der Waals surface area contributed by atoms with Gasteiger partial charge in [0, 0.05) is 22.6 Å². The molecule has 3 aromatic carbocycles. The van der Waals surface area contributed by atoms with Gasteiger partial charge in [-0.25, -0.2) is 0 Å². The van der Waals surface area contributed by atoms with E-state index in [0.29, 0.717) is 34.6 Å². The molecule has 1 aliphatic carbocycles. The van der Waals surface area contributed by atoms with Crippen LogP contribution in [0.15, 0.2) is 65.1 Å². The number of ketones is 2. The zero-order chi connectivity index (χ0) is 24.2. The summed E-state index contributed by atoms with van der Waals surface area (Å²) in [5.41, 5.74) is 4.12. The lowest BCUT2D eigenvalue weighted by Crippen LogP contribution is -2.39. The summed E-state index contributed by atoms with van der Waals surface area (Å²) >= 11 is 0. The Morgan fingerprint density at radius 3 is 2.26 bits per heavy atom. The van der Waals surface area contributed by atoms with Crippen molar-refractivity contribution < 1.29 is 23.5 Å². The molecule has 2 aliphatic rings. The number of methoxy groups -OCH3 is 1. The molecule has 1 aromatic heterocycles. The van der Waals surface area contributed by atoms with E-state index in [2.05, 4.69) is 0 Å². The standard InChI is InChI=1S/C30H26O5/c1-18-23-15-24-25(31)17-30(13-3-4-14-30)35-27(24)16-26(23)34-29(18)28(32)21-7-5-19(6-8-21)20-9-11-22(33-2)12-10-20/h5-12,15-16H,3-4,13-14,17H2,1-2H3. The topological polar surface area (TPSA) is 65.7 Å². The predicted molar refractivity (Wildman–Crippen MR) is 134 cm³/mol. The number of Topliss-reactive ketones (excluding diaryl/α,β-unsaturated/α-hetero) is 1. The van der Waals surface area contributed by atoms with Gasteiger partial charge in [-0.15, -0.1) is 0 Å². The lowest BCUT2D eigenvalue weighted by Gasteiger charge is -2.34. The number of carbonyl (C=O) groups is 2. The first kappa shape index (κ1) is 21.7. The maximum Gasteiger partial charge on any atom is 0.228 e. The summed E-state index contributed by atoms with van der Waals surface area (Å²) in [5, 5.41) is 0.779. The summed E-state index contributed by atoms with van der Waals surface area (Å²) in [6.45, 7) is 1.86. The molecule has 1 fully saturated rings. The average Bonchev–Trinajstić information content (AvgIpc) is 3.46. The van der Waals surface area contributed by atoms with Crippen LogP contribution in [-0.4, -0.2) is 24.3 Å². The third kappa shape index (κ3) is 3.63. The molecule has 0 saturated heterocycles. The van der Waals surface area contributed by atoms with Gasteiger partial charge in [0.25, 0.3) is 0 Å². The van der Waals surface area contributed by atoms with Crippen LogP contribution in [0.5, 0.6) is 11.5 Å². The minimum absolute atomic E-state index is 0.109. The van der Waals surface area contributed by atoms with E-state index in [0.717, 1.165) is 53.5 Å². The summed E-state index contributed by atoms with van der Waals surface area (Å²) in [7, 11) is 1.64. The van der Waals surface area contributed by atoms with E-state index in [9.17, 15) is 9.59 Å². The van der Waals surface area contributed by atoms with Crippen molar-refractivity contribution in [1.82, 2.24) is 0 Å². The number of hydrogen-bond donors (Lipinski definition) is 0. The third-order valence-electron chi connectivity index (χ3n) is 7.44. The van der Waals surface area contributed by atoms with Gasteiger partial charge < -0.3 is 13.9 Å². The van der Waals surface area contributed by atoms with Crippen molar-refractivity contribution in [2.24, 2.45) is 0 Å². The Bertz CT molecular complexity index is 1450. The molecule has 6 rings (SSSR count). The number of carbonyl (C=O) groups excluding carboxylic acids is 2. The summed E-state index contributed by atoms with van der Waals surface area (Å²) in [6, 6.07) is 18.9. The minimum atomic E-state index is -0.371. The molecule has 5 heteroatoms. The fraction of sp³-hybridized carbons (Fsp3) is 0.267. The molecule has 0 radical (unpaired) electrons. The van der Waals surface area contributed by atoms with Crippen molar-refractivity contribution in [3.63, 3.8) is 0 Å². The van der Waals surface area contributed by atoms with Crippen LogP contribution >= 0.6 is 0 Å². The highest BCUT2D eigenvalue weighted by Crippen LogP contribution is 2.45. The Labute approximate surface area is 203 Å². The van der Waals surface area contributed by atoms with E-state index in [4.69, 9.17) is 13.9 Å². The van der Waals surface area contributed by atoms with E-state index >= 15 is 0 Å². The van der Waals surface area contributed by atoms with Crippen molar-refractivity contribution in [1.29, 1.82) is 0 Å². The largest absolute Gasteiger partial charge is 0.497 e. The second-order valence-electron chi connectivity index (χ2n) is 9.63. The lowest BCUT2D eigenvalue weighted by molar-refractivity contribution is 0.0451. The summed E-state index contributed by atoms with van der Waals surface area (Å²) in [6.07, 6.45) is 4.41. The quantitative estimate of drug-likeness (QED) is 0.305. The zero-order valence-electron chi connectivity index (χ0n) is 19.9. The maximum atomic E-state index is 13.3. The highest BCUT2D eigenvalue weighted by atomic mass is 16.5. The normalized spacial score (nSPS) is 16.3. The van der Waals surface area contributed by atoms with Crippen molar-refractivity contribution in [3.8, 4) is 22.6 Å². The van der Waals surface area contributed by atoms with Gasteiger partial charge in [0.15, 0.2) is 11.5 Å². The van der Waals surface area contributed by atoms with Gasteiger partial charge in [-0.3, -0.25) is 9.59 Å². The van der Waals surface area contributed by atoms with Crippen molar-refractivity contribution in [3.05, 3.63) is 83.1 Å². The van der Waals surface area contributed by atoms with E-state index < -0.39 is 0 Å². The van der Waals surface area contributed by atoms with Crippen molar-refractivity contribution in [2.45, 2.75) is 44.6 Å². The van der Waals surface area contributed by atoms with Gasteiger partial charge >= 0.3 is 0 Å². The van der Waals surface area contributed by atoms with Crippen LogP contribution in [-0.2, 0) is 0 Å². The minimum Gasteiger partial charge on any atom is -0.497 e. The summed E-state index contributed by atoms with van der Waals surface area (Å²) < 4.78 is 17.6. The number of fused-ring (bicyclic) bond motifs is 2. The van der Waals surface area contributed by atoms with Crippen LogP contribution in [0, 0.1) is 6.92 Å². The monoisotopic (exact) mass is 466 g/mol. The molecule has 176 valence electrons. The smallest absolute Gasteiger partial charge is 0.228 e. The fourth-order valence-electron chi connectivity index (χ4n) is 5.45. The van der Waals surface area contributed by atoms with Crippen LogP contribution < -0.4 is 9.47 Å². The number of rotatable bonds is 4. The lowest BCUT2D eigenvalue weighted by atomic mass is 9.88. The molecule has 1 aliphatic heterocycles. The number of furan rings is 1. The Balaban J connectivity index is 1.32. The molecule has 0 atom stereocenters. The SMILES string of the molecule is COc1ccc(-c2ccc(C(=O)c3oc4cc5c(cc4c3C)C(=O)CC3(CCCC3)O5)cc2)cc1. The van der Waals surface area contributed by atoms with E-state index in [1.54, 1.807) is 13.2 Å². The molecule has 0 bridgehead atoms. The van der Waals surface area contributed by atoms with Crippen LogP contribution in [0.3, 0.4) is 0 Å². The summed E-state index contributed by atoms with van der Waals surface area (Å²) in [4.78, 5) is 26.3. The highest BCUT2D eigenvalue weighted by Gasteiger charge is 2.43. The Kier molecular flexibility index (Phi) is 5.03. The Morgan fingerprint density at radius 1 is 0.943 bits per heavy atom. The van der Waals surface area contributed by atoms with Gasteiger partial charge in [-0.2, -0.15) is 0 Å². The van der Waals surface area contributed by atoms with Gasteiger partial charge in [-0.05, 0) is 61.9 Å². The molecule has 1 saturated carbocycles. The molecule has 0 amide bonds. The molecule has 4 aromatic rings. The highest BCUT2D eigenvalue weighted by molar-refractivity contribution is 6.12. The molecule has 0 N–H and O–H groups in total. The van der Waals surface area contributed by atoms with E-state index in [1.807, 2.05) is 61.5 Å². The molecule has 5 nitrogen and oxygen atoms in total. The second-order valence-corrected chi connectivity index (χ2v) is 9.63. The number of benzene rings is 3. The number of aryl methyl sites for hydroxylation is 1. The maximum absolute atomic E-state index is 13.3. The van der Waals surface area contributed by atoms with Crippen LogP contribution in [0.25, 0.3) is 22.1 Å². The van der Waals surface area contributed by atoms with Gasteiger partial charge in [0.05, 0.1) is 19.1 Å². The van der Waals surface area contributed by atoms with Gasteiger partial charge in [-0.1, -0.05) is 36.4 Å². The van der Waals surface area contributed by atoms with Crippen LogP contribution in [0.1, 0.15) is 64.1 Å². The van der Waals surface area contributed by atoms with Gasteiger partial charge in [0.2, 0.25) is 5.78 Å². The average molecular weight is 467 g/mol. The Morgan fingerprint density at radius 2 is 1.60 bits per heavy atom. The fourth-order valence-corrected chi connectivity index (χ4v) is 5.45. The molecule has 1 spiro atoms. The number of ether oxygens (including phenoxy) is 2. The second kappa shape index (κ2) is 8.12. The molecular formula is C30H26O5. The predicted octanol–water partition coefficient (Wildman–Crippen LogP) is 6.93. The van der Waals surface area contributed by atoms with Crippen LogP contribution in [0.4, 0.5) is 0 Å². The Hall–Kier alpha value is -3.86. The first-order valence-electron chi connectivity index (χ1n) is 12.0. The van der Waals surface area contributed by atoms with Crippen LogP contribution in [0.2, 0.25) is 0 Å². The molecule has 2 heterocycles.